The lowest BCUT2D eigenvalue weighted by atomic mass is 10.2. The number of rotatable bonds is 0. The SMILES string of the molecule is CC1CC(=O)CN1P. The van der Waals surface area contributed by atoms with Gasteiger partial charge in [-0.2, -0.15) is 0 Å². The maximum absolute atomic E-state index is 10.6. The van der Waals surface area contributed by atoms with E-state index in [-0.39, 0.29) is 0 Å². The molecular formula is C5H10NOP. The van der Waals surface area contributed by atoms with Crippen LogP contribution in [-0.4, -0.2) is 23.0 Å². The van der Waals surface area contributed by atoms with Crippen LogP contribution in [-0.2, 0) is 4.79 Å². The molecule has 0 aromatic heterocycles. The summed E-state index contributed by atoms with van der Waals surface area (Å²) in [5, 5.41) is 0. The molecule has 46 valence electrons. The molecule has 1 fully saturated rings. The summed E-state index contributed by atoms with van der Waals surface area (Å²) in [5.74, 6) is 0.354. The van der Waals surface area contributed by atoms with Gasteiger partial charge in [0.05, 0.1) is 6.54 Å². The third-order valence-electron chi connectivity index (χ3n) is 1.45. The molecule has 3 heteroatoms. The predicted octanol–water partition coefficient (Wildman–Crippen LogP) is 0.440. The van der Waals surface area contributed by atoms with Gasteiger partial charge in [0.1, 0.15) is 5.78 Å². The molecule has 0 bridgehead atoms. The monoisotopic (exact) mass is 131 g/mol. The molecule has 1 rings (SSSR count). The number of nitrogens with zero attached hydrogens (tertiary/aromatic N) is 1. The first-order valence-electron chi connectivity index (χ1n) is 2.73. The Morgan fingerprint density at radius 2 is 2.50 bits per heavy atom. The summed E-state index contributed by atoms with van der Waals surface area (Å²) < 4.78 is 1.99. The molecule has 1 saturated heterocycles. The zero-order chi connectivity index (χ0) is 6.15. The molecule has 2 nitrogen and oxygen atoms in total. The van der Waals surface area contributed by atoms with Gasteiger partial charge in [-0.25, -0.2) is 0 Å². The maximum atomic E-state index is 10.6. The van der Waals surface area contributed by atoms with Crippen LogP contribution in [0, 0.1) is 0 Å². The van der Waals surface area contributed by atoms with Gasteiger partial charge in [0.25, 0.3) is 0 Å². The highest BCUT2D eigenvalue weighted by atomic mass is 31.0. The number of Topliss-reactive ketones (excluding diaryl/α,β-unsaturated/α-hetero) is 1. The van der Waals surface area contributed by atoms with E-state index < -0.39 is 0 Å². The molecule has 0 aromatic carbocycles. The summed E-state index contributed by atoms with van der Waals surface area (Å²) in [6.45, 7) is 2.67. The molecule has 1 heterocycles. The topological polar surface area (TPSA) is 20.3 Å². The lowest BCUT2D eigenvalue weighted by Crippen LogP contribution is -2.14. The predicted molar refractivity (Wildman–Crippen MR) is 35.5 cm³/mol. The van der Waals surface area contributed by atoms with E-state index in [1.807, 2.05) is 4.67 Å². The quantitative estimate of drug-likeness (QED) is 0.444. The molecule has 0 aliphatic carbocycles. The Morgan fingerprint density at radius 3 is 2.62 bits per heavy atom. The fourth-order valence-corrected chi connectivity index (χ4v) is 1.18. The highest BCUT2D eigenvalue weighted by Crippen LogP contribution is 2.16. The van der Waals surface area contributed by atoms with Crippen LogP contribution in [0.1, 0.15) is 13.3 Å². The Kier molecular flexibility index (Phi) is 1.64. The lowest BCUT2D eigenvalue weighted by molar-refractivity contribution is -0.116. The average Bonchev–Trinajstić information content (AvgIpc) is 1.85. The second-order valence-corrected chi connectivity index (χ2v) is 2.93. The van der Waals surface area contributed by atoms with Crippen LogP contribution in [0.2, 0.25) is 0 Å². The van der Waals surface area contributed by atoms with Crippen LogP contribution in [0.25, 0.3) is 0 Å². The largest absolute Gasteiger partial charge is 0.298 e. The summed E-state index contributed by atoms with van der Waals surface area (Å²) >= 11 is 0. The Hall–Kier alpha value is 0.0600. The van der Waals surface area contributed by atoms with Gasteiger partial charge in [-0.3, -0.25) is 9.46 Å². The van der Waals surface area contributed by atoms with E-state index in [0.29, 0.717) is 18.4 Å². The Morgan fingerprint density at radius 1 is 1.88 bits per heavy atom. The number of carbonyl (C=O) groups excluding carboxylic acids is 1. The summed E-state index contributed by atoms with van der Waals surface area (Å²) in [5.41, 5.74) is 0. The van der Waals surface area contributed by atoms with Crippen molar-refractivity contribution >= 4 is 15.2 Å². The fourth-order valence-electron chi connectivity index (χ4n) is 0.871. The first-order valence-corrected chi connectivity index (χ1v) is 3.25. The molecule has 1 aliphatic heterocycles. The van der Waals surface area contributed by atoms with E-state index in [4.69, 9.17) is 0 Å². The molecule has 8 heavy (non-hydrogen) atoms. The molecule has 1 aliphatic rings. The van der Waals surface area contributed by atoms with Crippen LogP contribution in [0.5, 0.6) is 0 Å². The van der Waals surface area contributed by atoms with E-state index in [2.05, 4.69) is 16.3 Å². The van der Waals surface area contributed by atoms with Crippen LogP contribution < -0.4 is 0 Å². The second-order valence-electron chi connectivity index (χ2n) is 2.26. The zero-order valence-corrected chi connectivity index (χ0v) is 6.08. The Balaban J connectivity index is 2.51. The Labute approximate surface area is 51.5 Å². The van der Waals surface area contributed by atoms with E-state index in [1.165, 1.54) is 0 Å². The number of hydrogen-bond acceptors (Lipinski definition) is 2. The molecule has 2 unspecified atom stereocenters. The summed E-state index contributed by atoms with van der Waals surface area (Å²) in [6, 6.07) is 0.437. The highest BCUT2D eigenvalue weighted by Gasteiger charge is 2.22. The van der Waals surface area contributed by atoms with Gasteiger partial charge in [0.2, 0.25) is 0 Å². The van der Waals surface area contributed by atoms with E-state index in [1.54, 1.807) is 0 Å². The van der Waals surface area contributed by atoms with Gasteiger partial charge in [-0.15, -0.1) is 0 Å². The van der Waals surface area contributed by atoms with Crippen LogP contribution >= 0.6 is 9.39 Å². The van der Waals surface area contributed by atoms with Crippen molar-refractivity contribution in [2.75, 3.05) is 6.54 Å². The third kappa shape index (κ3) is 1.07. The van der Waals surface area contributed by atoms with Crippen LogP contribution in [0.3, 0.4) is 0 Å². The van der Waals surface area contributed by atoms with Crippen molar-refractivity contribution < 1.29 is 4.79 Å². The van der Waals surface area contributed by atoms with Gasteiger partial charge in [-0.1, -0.05) is 9.39 Å². The normalized spacial score (nSPS) is 31.8. The molecule has 0 saturated carbocycles. The van der Waals surface area contributed by atoms with E-state index in [0.717, 1.165) is 6.42 Å². The van der Waals surface area contributed by atoms with Crippen molar-refractivity contribution in [1.82, 2.24) is 4.67 Å². The molecule has 0 N–H and O–H groups in total. The molecular weight excluding hydrogens is 121 g/mol. The summed E-state index contributed by atoms with van der Waals surface area (Å²) in [7, 11) is 2.55. The van der Waals surface area contributed by atoms with Crippen molar-refractivity contribution in [1.29, 1.82) is 0 Å². The second kappa shape index (κ2) is 2.12. The lowest BCUT2D eigenvalue weighted by Gasteiger charge is -2.10. The van der Waals surface area contributed by atoms with Gasteiger partial charge in [0, 0.05) is 12.5 Å². The zero-order valence-electron chi connectivity index (χ0n) is 4.92. The fraction of sp³-hybridized carbons (Fsp3) is 0.800. The van der Waals surface area contributed by atoms with Crippen molar-refractivity contribution in [3.63, 3.8) is 0 Å². The molecule has 2 atom stereocenters. The minimum atomic E-state index is 0.354. The molecule has 0 radical (unpaired) electrons. The van der Waals surface area contributed by atoms with Crippen LogP contribution in [0.15, 0.2) is 0 Å². The van der Waals surface area contributed by atoms with E-state index >= 15 is 0 Å². The number of carbonyl (C=O) groups is 1. The first-order chi connectivity index (χ1) is 3.70. The minimum Gasteiger partial charge on any atom is -0.298 e. The summed E-state index contributed by atoms with van der Waals surface area (Å²) in [6.07, 6.45) is 0.726. The number of ketones is 1. The molecule has 0 aromatic rings. The van der Waals surface area contributed by atoms with Crippen molar-refractivity contribution in [3.8, 4) is 0 Å². The minimum absolute atomic E-state index is 0.354. The van der Waals surface area contributed by atoms with Crippen molar-refractivity contribution in [2.24, 2.45) is 0 Å². The smallest absolute Gasteiger partial charge is 0.148 e. The maximum Gasteiger partial charge on any atom is 0.148 e. The van der Waals surface area contributed by atoms with Gasteiger partial charge in [-0.05, 0) is 6.92 Å². The third-order valence-corrected chi connectivity index (χ3v) is 2.14. The standard InChI is InChI=1S/C5H10NOP/c1-4-2-5(7)3-6(4)8/h4H,2-3,8H2,1H3. The van der Waals surface area contributed by atoms with Crippen LogP contribution in [0.4, 0.5) is 0 Å². The van der Waals surface area contributed by atoms with Gasteiger partial charge >= 0.3 is 0 Å². The molecule has 0 amide bonds. The number of hydrogen-bond donors (Lipinski definition) is 0. The highest BCUT2D eigenvalue weighted by molar-refractivity contribution is 7.13. The summed E-state index contributed by atoms with van der Waals surface area (Å²) in [4.78, 5) is 10.6. The first kappa shape index (κ1) is 6.18. The van der Waals surface area contributed by atoms with Gasteiger partial charge in [0.15, 0.2) is 0 Å². The molecule has 0 spiro atoms. The van der Waals surface area contributed by atoms with Crippen molar-refractivity contribution in [2.45, 2.75) is 19.4 Å². The Bertz CT molecular complexity index is 103. The van der Waals surface area contributed by atoms with E-state index in [9.17, 15) is 4.79 Å². The average molecular weight is 131 g/mol. The van der Waals surface area contributed by atoms with Gasteiger partial charge < -0.3 is 0 Å². The van der Waals surface area contributed by atoms with Crippen molar-refractivity contribution in [3.05, 3.63) is 0 Å².